The molecule has 2 nitrogen and oxygen atoms in total. The summed E-state index contributed by atoms with van der Waals surface area (Å²) >= 11 is 0. The number of nitrogens with one attached hydrogen (secondary N) is 1. The molecule has 0 bridgehead atoms. The molecule has 0 aliphatic rings. The Bertz CT molecular complexity index is 289. The predicted octanol–water partition coefficient (Wildman–Crippen LogP) is 4.30. The Labute approximate surface area is 114 Å². The van der Waals surface area contributed by atoms with E-state index < -0.39 is 35.6 Å². The van der Waals surface area contributed by atoms with Crippen LogP contribution in [0.15, 0.2) is 0 Å². The molecular weight excluding hydrogens is 288 g/mol. The summed E-state index contributed by atoms with van der Waals surface area (Å²) in [4.78, 5) is 11.1. The number of amides is 1. The molecule has 0 saturated heterocycles. The van der Waals surface area contributed by atoms with E-state index in [9.17, 15) is 31.1 Å². The van der Waals surface area contributed by atoms with Gasteiger partial charge in [-0.2, -0.15) is 26.3 Å². The van der Waals surface area contributed by atoms with Crippen molar-refractivity contribution in [1.82, 2.24) is 5.32 Å². The Morgan fingerprint density at radius 1 is 0.900 bits per heavy atom. The van der Waals surface area contributed by atoms with E-state index in [4.69, 9.17) is 0 Å². The van der Waals surface area contributed by atoms with Gasteiger partial charge in [-0.25, -0.2) is 0 Å². The highest BCUT2D eigenvalue weighted by atomic mass is 19.4. The number of hydrogen-bond donors (Lipinski definition) is 1. The van der Waals surface area contributed by atoms with E-state index in [0.29, 0.717) is 0 Å². The normalized spacial score (nSPS) is 14.4. The first-order valence-corrected chi connectivity index (χ1v) is 6.11. The number of carbonyl (C=O) groups is 1. The third-order valence-corrected chi connectivity index (χ3v) is 2.57. The Hall–Kier alpha value is -0.950. The molecule has 0 rings (SSSR count). The Balaban J connectivity index is 0. The first-order chi connectivity index (χ1) is 8.67. The van der Waals surface area contributed by atoms with Gasteiger partial charge in [0, 0.05) is 6.04 Å². The Morgan fingerprint density at radius 2 is 1.20 bits per heavy atom. The van der Waals surface area contributed by atoms with E-state index in [2.05, 4.69) is 0 Å². The van der Waals surface area contributed by atoms with Gasteiger partial charge in [0.2, 0.25) is 11.8 Å². The molecule has 0 spiro atoms. The monoisotopic (exact) mass is 309 g/mol. The third-order valence-electron chi connectivity index (χ3n) is 2.57. The maximum absolute atomic E-state index is 12.2. The molecule has 20 heavy (non-hydrogen) atoms. The lowest BCUT2D eigenvalue weighted by molar-refractivity contribution is -0.274. The number of alkyl halides is 6. The lowest BCUT2D eigenvalue weighted by Gasteiger charge is -2.30. The smallest absolute Gasteiger partial charge is 0.352 e. The summed E-state index contributed by atoms with van der Waals surface area (Å²) in [5, 5.41) is 1.75. The zero-order chi connectivity index (χ0) is 16.9. The summed E-state index contributed by atoms with van der Waals surface area (Å²) in [6, 6.07) is -0.822. The fourth-order valence-corrected chi connectivity index (χ4v) is 0.996. The maximum Gasteiger partial charge on any atom is 0.409 e. The summed E-state index contributed by atoms with van der Waals surface area (Å²) in [6.45, 7) is 10.1. The van der Waals surface area contributed by atoms with E-state index in [-0.39, 0.29) is 0 Å². The van der Waals surface area contributed by atoms with Gasteiger partial charge in [-0.1, -0.05) is 34.6 Å². The molecule has 0 aliphatic heterocycles. The van der Waals surface area contributed by atoms with E-state index in [0.717, 1.165) is 0 Å². The SMILES string of the molecule is CC.CC(NC(=O)C(C(F)(F)F)C(F)(F)F)C(C)(C)C. The predicted molar refractivity (Wildman–Crippen MR) is 64.0 cm³/mol. The second-order valence-corrected chi connectivity index (χ2v) is 5.11. The molecule has 0 aromatic rings. The fourth-order valence-electron chi connectivity index (χ4n) is 0.996. The van der Waals surface area contributed by atoms with Crippen molar-refractivity contribution in [3.05, 3.63) is 0 Å². The van der Waals surface area contributed by atoms with Crippen molar-refractivity contribution in [3.63, 3.8) is 0 Å². The molecule has 0 heterocycles. The van der Waals surface area contributed by atoms with Crippen LogP contribution < -0.4 is 5.32 Å². The number of carbonyl (C=O) groups excluding carboxylic acids is 1. The Kier molecular flexibility index (Phi) is 7.66. The van der Waals surface area contributed by atoms with Crippen molar-refractivity contribution in [1.29, 1.82) is 0 Å². The first-order valence-electron chi connectivity index (χ1n) is 6.11. The summed E-state index contributed by atoms with van der Waals surface area (Å²) < 4.78 is 73.4. The van der Waals surface area contributed by atoms with Crippen LogP contribution in [0.2, 0.25) is 0 Å². The molecule has 0 saturated carbocycles. The highest BCUT2D eigenvalue weighted by Gasteiger charge is 2.61. The molecular formula is C12H21F6NO. The molecule has 0 aliphatic carbocycles. The van der Waals surface area contributed by atoms with Crippen molar-refractivity contribution >= 4 is 5.91 Å². The van der Waals surface area contributed by atoms with Crippen LogP contribution in [0, 0.1) is 11.3 Å². The largest absolute Gasteiger partial charge is 0.409 e. The highest BCUT2D eigenvalue weighted by Crippen LogP contribution is 2.39. The second-order valence-electron chi connectivity index (χ2n) is 5.11. The quantitative estimate of drug-likeness (QED) is 0.757. The van der Waals surface area contributed by atoms with Gasteiger partial charge >= 0.3 is 12.4 Å². The standard InChI is InChI=1S/C10H15F6NO.C2H6/c1-5(8(2,3)4)17-7(18)6(9(11,12)13)10(14,15)16;1-2/h5-6H,1-4H3,(H,17,18);1-2H3. The maximum atomic E-state index is 12.2. The topological polar surface area (TPSA) is 29.1 Å². The average molecular weight is 309 g/mol. The van der Waals surface area contributed by atoms with E-state index in [1.165, 1.54) is 6.92 Å². The zero-order valence-corrected chi connectivity index (χ0v) is 12.3. The molecule has 1 amide bonds. The average Bonchev–Trinajstić information content (AvgIpc) is 2.13. The van der Waals surface area contributed by atoms with Crippen molar-refractivity contribution in [2.24, 2.45) is 11.3 Å². The molecule has 1 unspecified atom stereocenters. The minimum atomic E-state index is -5.65. The zero-order valence-electron chi connectivity index (χ0n) is 12.3. The lowest BCUT2D eigenvalue weighted by atomic mass is 9.87. The molecule has 0 radical (unpaired) electrons. The van der Waals surface area contributed by atoms with Crippen LogP contribution in [0.3, 0.4) is 0 Å². The van der Waals surface area contributed by atoms with Gasteiger partial charge in [-0.15, -0.1) is 0 Å². The summed E-state index contributed by atoms with van der Waals surface area (Å²) in [5.41, 5.74) is -0.641. The number of halogens is 6. The van der Waals surface area contributed by atoms with Crippen molar-refractivity contribution in [2.75, 3.05) is 0 Å². The second kappa shape index (κ2) is 7.17. The Morgan fingerprint density at radius 3 is 1.40 bits per heavy atom. The van der Waals surface area contributed by atoms with Crippen LogP contribution in [0.4, 0.5) is 26.3 Å². The summed E-state index contributed by atoms with van der Waals surface area (Å²) in [5.74, 6) is -6.06. The number of rotatable bonds is 2. The fraction of sp³-hybridized carbons (Fsp3) is 0.917. The van der Waals surface area contributed by atoms with Crippen LogP contribution >= 0.6 is 0 Å². The van der Waals surface area contributed by atoms with Crippen molar-refractivity contribution in [3.8, 4) is 0 Å². The molecule has 1 N–H and O–H groups in total. The highest BCUT2D eigenvalue weighted by molar-refractivity contribution is 5.80. The van der Waals surface area contributed by atoms with Gasteiger partial charge in [0.25, 0.3) is 0 Å². The van der Waals surface area contributed by atoms with Gasteiger partial charge < -0.3 is 5.32 Å². The van der Waals surface area contributed by atoms with Gasteiger partial charge in [0.05, 0.1) is 0 Å². The van der Waals surface area contributed by atoms with Gasteiger partial charge in [0.15, 0.2) is 0 Å². The molecule has 0 aromatic heterocycles. The summed E-state index contributed by atoms with van der Waals surface area (Å²) in [7, 11) is 0. The minimum Gasteiger partial charge on any atom is -0.352 e. The van der Waals surface area contributed by atoms with E-state index in [1.54, 1.807) is 26.1 Å². The van der Waals surface area contributed by atoms with Crippen LogP contribution in [0.25, 0.3) is 0 Å². The third kappa shape index (κ3) is 7.00. The van der Waals surface area contributed by atoms with Gasteiger partial charge in [-0.05, 0) is 12.3 Å². The molecule has 0 fully saturated rings. The van der Waals surface area contributed by atoms with Crippen molar-refractivity contribution < 1.29 is 31.1 Å². The summed E-state index contributed by atoms with van der Waals surface area (Å²) in [6.07, 6.45) is -11.3. The van der Waals surface area contributed by atoms with Gasteiger partial charge in [0.1, 0.15) is 0 Å². The van der Waals surface area contributed by atoms with Crippen molar-refractivity contribution in [2.45, 2.75) is 59.9 Å². The number of hydrogen-bond acceptors (Lipinski definition) is 1. The van der Waals surface area contributed by atoms with Crippen LogP contribution in [0.1, 0.15) is 41.5 Å². The van der Waals surface area contributed by atoms with Gasteiger partial charge in [-0.3, -0.25) is 4.79 Å². The van der Waals surface area contributed by atoms with Crippen LogP contribution in [-0.2, 0) is 4.79 Å². The molecule has 122 valence electrons. The lowest BCUT2D eigenvalue weighted by Crippen LogP contribution is -2.52. The molecule has 8 heteroatoms. The van der Waals surface area contributed by atoms with Crippen LogP contribution in [0.5, 0.6) is 0 Å². The van der Waals surface area contributed by atoms with Crippen LogP contribution in [-0.4, -0.2) is 24.3 Å². The minimum absolute atomic E-state index is 0.641. The van der Waals surface area contributed by atoms with E-state index >= 15 is 0 Å². The first kappa shape index (κ1) is 21.4. The molecule has 1 atom stereocenters. The molecule has 0 aromatic carbocycles. The van der Waals surface area contributed by atoms with E-state index in [1.807, 2.05) is 13.8 Å².